The van der Waals surface area contributed by atoms with Crippen LogP contribution in [0, 0.1) is 5.92 Å². The molecule has 2 heterocycles. The van der Waals surface area contributed by atoms with E-state index in [0.717, 1.165) is 0 Å². The van der Waals surface area contributed by atoms with E-state index in [0.29, 0.717) is 0 Å². The summed E-state index contributed by atoms with van der Waals surface area (Å²) in [4.78, 5) is 0. The average molecular weight is 442 g/mol. The molecule has 12 nitrogen and oxygen atoms in total. The first-order valence-corrected chi connectivity index (χ1v) is 9.88. The maximum Gasteiger partial charge on any atom is 0.186 e. The van der Waals surface area contributed by atoms with Gasteiger partial charge in [-0.3, -0.25) is 0 Å². The minimum Gasteiger partial charge on any atom is -0.393 e. The van der Waals surface area contributed by atoms with E-state index < -0.39 is 67.5 Å². The van der Waals surface area contributed by atoms with Gasteiger partial charge in [0.1, 0.15) is 36.1 Å². The van der Waals surface area contributed by atoms with Crippen LogP contribution >= 0.6 is 0 Å². The summed E-state index contributed by atoms with van der Waals surface area (Å²) in [7, 11) is 0. The van der Waals surface area contributed by atoms with Gasteiger partial charge in [0.2, 0.25) is 0 Å². The van der Waals surface area contributed by atoms with Gasteiger partial charge in [-0.15, -0.1) is 0 Å². The molecule has 2 saturated heterocycles. The Morgan fingerprint density at radius 3 is 2.23 bits per heavy atom. The lowest BCUT2D eigenvalue weighted by atomic mass is 9.88. The molecule has 0 aromatic rings. The molecule has 0 bridgehead atoms. The Morgan fingerprint density at radius 2 is 1.70 bits per heavy atom. The van der Waals surface area contributed by atoms with Crippen LogP contribution in [0.4, 0.5) is 0 Å². The van der Waals surface area contributed by atoms with Gasteiger partial charge in [-0.2, -0.15) is 0 Å². The van der Waals surface area contributed by atoms with Gasteiger partial charge in [-0.25, -0.2) is 0 Å². The molecule has 9 unspecified atom stereocenters. The van der Waals surface area contributed by atoms with Crippen LogP contribution < -0.4 is 0 Å². The van der Waals surface area contributed by atoms with Crippen LogP contribution in [0.5, 0.6) is 0 Å². The average Bonchev–Trinajstić information content (AvgIpc) is 3.01. The quantitative estimate of drug-likeness (QED) is 0.163. The second-order valence-corrected chi connectivity index (χ2v) is 8.27. The summed E-state index contributed by atoms with van der Waals surface area (Å²) in [5.74, 6) is -0.257. The molecule has 0 spiro atoms. The molecule has 2 rings (SSSR count). The van der Waals surface area contributed by atoms with E-state index in [1.165, 1.54) is 0 Å². The van der Waals surface area contributed by atoms with Gasteiger partial charge in [0.25, 0.3) is 0 Å². The van der Waals surface area contributed by atoms with Crippen LogP contribution in [0.25, 0.3) is 0 Å². The van der Waals surface area contributed by atoms with Gasteiger partial charge < -0.3 is 59.8 Å². The lowest BCUT2D eigenvalue weighted by Crippen LogP contribution is -2.60. The van der Waals surface area contributed by atoms with Crippen LogP contribution in [-0.2, 0) is 18.9 Å². The van der Waals surface area contributed by atoms with E-state index in [1.807, 2.05) is 0 Å². The zero-order valence-electron chi connectivity index (χ0n) is 17.1. The van der Waals surface area contributed by atoms with Crippen molar-refractivity contribution in [2.24, 2.45) is 5.92 Å². The molecule has 2 fully saturated rings. The lowest BCUT2D eigenvalue weighted by molar-refractivity contribution is -0.311. The molecule has 0 radical (unpaired) electrons. The van der Waals surface area contributed by atoms with E-state index in [9.17, 15) is 35.7 Å². The summed E-state index contributed by atoms with van der Waals surface area (Å²) in [6, 6.07) is 0. The fraction of sp³-hybridized carbons (Fsp3) is 1.00. The molecule has 2 aliphatic rings. The number of aliphatic hydroxyl groups excluding tert-OH is 6. The van der Waals surface area contributed by atoms with E-state index >= 15 is 0 Å². The standard InChI is InChI=1S/C18H34O12/c1-9(2)17(25,6-19)3-4-27-15-13(23)12(22)11(21)10(30-15)5-28-16-14(24)18(26,7-20)8-29-16/h9-16,19-26H,3-8H2,1-2H3. The maximum atomic E-state index is 10.3. The number of ether oxygens (including phenoxy) is 4. The topological polar surface area (TPSA) is 199 Å². The van der Waals surface area contributed by atoms with Crippen molar-refractivity contribution in [1.29, 1.82) is 0 Å². The Hall–Kier alpha value is -0.480. The molecule has 0 aromatic heterocycles. The van der Waals surface area contributed by atoms with Crippen LogP contribution in [0.2, 0.25) is 0 Å². The van der Waals surface area contributed by atoms with Gasteiger partial charge >= 0.3 is 0 Å². The highest BCUT2D eigenvalue weighted by atomic mass is 16.7. The third-order valence-corrected chi connectivity index (χ3v) is 5.84. The van der Waals surface area contributed by atoms with E-state index in [-0.39, 0.29) is 32.2 Å². The van der Waals surface area contributed by atoms with Crippen molar-refractivity contribution in [2.75, 3.05) is 33.0 Å². The van der Waals surface area contributed by atoms with Crippen LogP contribution in [0.3, 0.4) is 0 Å². The van der Waals surface area contributed by atoms with Crippen molar-refractivity contribution in [3.8, 4) is 0 Å². The van der Waals surface area contributed by atoms with Gasteiger partial charge in [0.15, 0.2) is 12.6 Å². The van der Waals surface area contributed by atoms with Crippen molar-refractivity contribution < 1.29 is 59.8 Å². The molecule has 0 aromatic carbocycles. The molecule has 2 aliphatic heterocycles. The molecule has 0 saturated carbocycles. The van der Waals surface area contributed by atoms with Crippen LogP contribution in [0.1, 0.15) is 20.3 Å². The first-order chi connectivity index (χ1) is 14.0. The second-order valence-electron chi connectivity index (χ2n) is 8.27. The molecular weight excluding hydrogens is 408 g/mol. The Balaban J connectivity index is 1.91. The van der Waals surface area contributed by atoms with Gasteiger partial charge in [0, 0.05) is 6.42 Å². The summed E-state index contributed by atoms with van der Waals surface area (Å²) < 4.78 is 21.3. The predicted molar refractivity (Wildman–Crippen MR) is 97.9 cm³/mol. The molecule has 30 heavy (non-hydrogen) atoms. The van der Waals surface area contributed by atoms with Crippen LogP contribution in [0.15, 0.2) is 0 Å². The minimum atomic E-state index is -1.88. The Kier molecular flexibility index (Phi) is 8.96. The summed E-state index contributed by atoms with van der Waals surface area (Å²) in [6.45, 7) is 1.37. The fourth-order valence-electron chi connectivity index (χ4n) is 3.22. The van der Waals surface area contributed by atoms with Crippen molar-refractivity contribution in [2.45, 2.75) is 74.6 Å². The third kappa shape index (κ3) is 5.46. The monoisotopic (exact) mass is 442 g/mol. The summed E-state index contributed by atoms with van der Waals surface area (Å²) >= 11 is 0. The highest BCUT2D eigenvalue weighted by Gasteiger charge is 2.50. The Morgan fingerprint density at radius 1 is 1.03 bits per heavy atom. The summed E-state index contributed by atoms with van der Waals surface area (Å²) in [5, 5.41) is 79.1. The number of hydrogen-bond acceptors (Lipinski definition) is 12. The van der Waals surface area contributed by atoms with Gasteiger partial charge in [-0.1, -0.05) is 13.8 Å². The van der Waals surface area contributed by atoms with Gasteiger partial charge in [0.05, 0.1) is 38.6 Å². The van der Waals surface area contributed by atoms with Crippen molar-refractivity contribution in [3.63, 3.8) is 0 Å². The molecule has 0 aliphatic carbocycles. The van der Waals surface area contributed by atoms with E-state index in [2.05, 4.69) is 0 Å². The van der Waals surface area contributed by atoms with E-state index in [1.54, 1.807) is 13.8 Å². The van der Waals surface area contributed by atoms with Crippen LogP contribution in [-0.4, -0.2) is 128 Å². The predicted octanol–water partition coefficient (Wildman–Crippen LogP) is -3.96. The zero-order chi connectivity index (χ0) is 22.7. The first-order valence-electron chi connectivity index (χ1n) is 9.88. The summed E-state index contributed by atoms with van der Waals surface area (Å²) in [6.07, 6.45) is -10.1. The van der Waals surface area contributed by atoms with Crippen molar-refractivity contribution in [3.05, 3.63) is 0 Å². The lowest BCUT2D eigenvalue weighted by Gasteiger charge is -2.41. The molecular formula is C18H34O12. The third-order valence-electron chi connectivity index (χ3n) is 5.84. The van der Waals surface area contributed by atoms with Gasteiger partial charge in [-0.05, 0) is 5.92 Å². The first kappa shape index (κ1) is 25.8. The number of rotatable bonds is 10. The van der Waals surface area contributed by atoms with Crippen molar-refractivity contribution in [1.82, 2.24) is 0 Å². The smallest absolute Gasteiger partial charge is 0.186 e. The molecule has 0 amide bonds. The van der Waals surface area contributed by atoms with Crippen molar-refractivity contribution >= 4 is 0 Å². The fourth-order valence-corrected chi connectivity index (χ4v) is 3.22. The maximum absolute atomic E-state index is 10.3. The van der Waals surface area contributed by atoms with E-state index in [4.69, 9.17) is 24.1 Å². The Bertz CT molecular complexity index is 535. The second kappa shape index (κ2) is 10.4. The summed E-state index contributed by atoms with van der Waals surface area (Å²) in [5.41, 5.74) is -3.27. The SMILES string of the molecule is CC(C)C(O)(CO)CCOC1OC(COC2OCC(O)(CO)C2O)C(O)C(O)C1O. The normalized spacial score (nSPS) is 41.9. The largest absolute Gasteiger partial charge is 0.393 e. The number of hydrogen-bond donors (Lipinski definition) is 8. The highest BCUT2D eigenvalue weighted by molar-refractivity contribution is 4.94. The Labute approximate surface area is 174 Å². The number of aliphatic hydroxyl groups is 8. The molecule has 12 heteroatoms. The highest BCUT2D eigenvalue weighted by Crippen LogP contribution is 2.28. The molecule has 8 N–H and O–H groups in total. The zero-order valence-corrected chi connectivity index (χ0v) is 17.1. The molecule has 9 atom stereocenters. The molecule has 178 valence electrons. The minimum absolute atomic E-state index is 0.0371.